The SMILES string of the molecule is CCCN(CCC)C(C)(Cc1cc(C)ccc1O)C(=O)O. The zero-order valence-electron chi connectivity index (χ0n) is 13.5. The molecular weight excluding hydrogens is 266 g/mol. The van der Waals surface area contributed by atoms with Crippen LogP contribution in [0.15, 0.2) is 18.2 Å². The molecule has 1 aromatic rings. The van der Waals surface area contributed by atoms with Gasteiger partial charge in [0.05, 0.1) is 0 Å². The highest BCUT2D eigenvalue weighted by Gasteiger charge is 2.39. The van der Waals surface area contributed by atoms with Crippen molar-refractivity contribution in [3.8, 4) is 5.75 Å². The molecule has 4 heteroatoms. The minimum absolute atomic E-state index is 0.168. The van der Waals surface area contributed by atoms with E-state index in [1.165, 1.54) is 0 Å². The summed E-state index contributed by atoms with van der Waals surface area (Å²) in [4.78, 5) is 13.9. The average Bonchev–Trinajstić information content (AvgIpc) is 2.42. The molecule has 0 aliphatic heterocycles. The van der Waals surface area contributed by atoms with Crippen LogP contribution in [-0.4, -0.2) is 39.7 Å². The van der Waals surface area contributed by atoms with Crippen molar-refractivity contribution in [1.29, 1.82) is 0 Å². The molecule has 0 aliphatic rings. The van der Waals surface area contributed by atoms with E-state index in [0.29, 0.717) is 12.0 Å². The smallest absolute Gasteiger partial charge is 0.324 e. The number of rotatable bonds is 8. The van der Waals surface area contributed by atoms with Crippen LogP contribution in [0.25, 0.3) is 0 Å². The topological polar surface area (TPSA) is 60.8 Å². The molecule has 21 heavy (non-hydrogen) atoms. The van der Waals surface area contributed by atoms with Crippen molar-refractivity contribution in [3.63, 3.8) is 0 Å². The van der Waals surface area contributed by atoms with Gasteiger partial charge in [-0.3, -0.25) is 9.69 Å². The van der Waals surface area contributed by atoms with Crippen molar-refractivity contribution >= 4 is 5.97 Å². The second kappa shape index (κ2) is 7.46. The van der Waals surface area contributed by atoms with Crippen LogP contribution in [0.1, 0.15) is 44.7 Å². The second-order valence-corrected chi connectivity index (χ2v) is 5.87. The number of carboxylic acids is 1. The van der Waals surface area contributed by atoms with Crippen molar-refractivity contribution < 1.29 is 15.0 Å². The Labute approximate surface area is 127 Å². The number of aliphatic carboxylic acids is 1. The number of aryl methyl sites for hydroxylation is 1. The number of hydrogen-bond acceptors (Lipinski definition) is 3. The third kappa shape index (κ3) is 4.21. The van der Waals surface area contributed by atoms with Gasteiger partial charge in [0.1, 0.15) is 11.3 Å². The molecule has 0 saturated heterocycles. The summed E-state index contributed by atoms with van der Waals surface area (Å²) in [6.45, 7) is 9.27. The first-order valence-corrected chi connectivity index (χ1v) is 7.62. The number of hydrogen-bond donors (Lipinski definition) is 2. The lowest BCUT2D eigenvalue weighted by Crippen LogP contribution is -2.54. The van der Waals surface area contributed by atoms with Crippen LogP contribution in [0.3, 0.4) is 0 Å². The Hall–Kier alpha value is -1.55. The molecule has 0 saturated carbocycles. The van der Waals surface area contributed by atoms with Crippen LogP contribution in [0.4, 0.5) is 0 Å². The van der Waals surface area contributed by atoms with Crippen LogP contribution < -0.4 is 0 Å². The zero-order valence-corrected chi connectivity index (χ0v) is 13.5. The standard InChI is InChI=1S/C17H27NO3/c1-5-9-18(10-6-2)17(4,16(20)21)12-14-11-13(3)7-8-15(14)19/h7-8,11,19H,5-6,9-10,12H2,1-4H3,(H,20,21). The van der Waals surface area contributed by atoms with Gasteiger partial charge in [-0.25, -0.2) is 0 Å². The number of phenolic OH excluding ortho intramolecular Hbond substituents is 1. The van der Waals surface area contributed by atoms with Gasteiger partial charge in [0, 0.05) is 6.42 Å². The molecular formula is C17H27NO3. The molecule has 1 atom stereocenters. The van der Waals surface area contributed by atoms with E-state index in [4.69, 9.17) is 0 Å². The Morgan fingerprint density at radius 3 is 2.29 bits per heavy atom. The molecule has 0 spiro atoms. The monoisotopic (exact) mass is 293 g/mol. The van der Waals surface area contributed by atoms with E-state index in [-0.39, 0.29) is 5.75 Å². The van der Waals surface area contributed by atoms with Gasteiger partial charge in [0.25, 0.3) is 0 Å². The van der Waals surface area contributed by atoms with Crippen LogP contribution in [0.5, 0.6) is 5.75 Å². The predicted molar refractivity (Wildman–Crippen MR) is 84.7 cm³/mol. The molecule has 0 amide bonds. The minimum atomic E-state index is -1.00. The van der Waals surface area contributed by atoms with Crippen molar-refractivity contribution in [2.45, 2.75) is 52.5 Å². The molecule has 0 heterocycles. The van der Waals surface area contributed by atoms with Crippen molar-refractivity contribution in [1.82, 2.24) is 4.90 Å². The number of aromatic hydroxyl groups is 1. The third-order valence-electron chi connectivity index (χ3n) is 3.92. The lowest BCUT2D eigenvalue weighted by atomic mass is 9.89. The van der Waals surface area contributed by atoms with Gasteiger partial charge in [0.2, 0.25) is 0 Å². The Bertz CT molecular complexity index is 481. The van der Waals surface area contributed by atoms with Crippen LogP contribution in [-0.2, 0) is 11.2 Å². The van der Waals surface area contributed by atoms with Gasteiger partial charge in [0.15, 0.2) is 0 Å². The summed E-state index contributed by atoms with van der Waals surface area (Å²) in [7, 11) is 0. The van der Waals surface area contributed by atoms with E-state index in [2.05, 4.69) is 13.8 Å². The summed E-state index contributed by atoms with van der Waals surface area (Å²) in [5.41, 5.74) is 0.710. The van der Waals surface area contributed by atoms with Gasteiger partial charge in [-0.05, 0) is 51.4 Å². The van der Waals surface area contributed by atoms with Crippen LogP contribution in [0, 0.1) is 6.92 Å². The summed E-state index contributed by atoms with van der Waals surface area (Å²) in [6.07, 6.45) is 2.11. The number of phenols is 1. The lowest BCUT2D eigenvalue weighted by molar-refractivity contribution is -0.150. The van der Waals surface area contributed by atoms with Crippen molar-refractivity contribution in [3.05, 3.63) is 29.3 Å². The number of benzene rings is 1. The van der Waals surface area contributed by atoms with Crippen molar-refractivity contribution in [2.24, 2.45) is 0 Å². The van der Waals surface area contributed by atoms with E-state index in [1.807, 2.05) is 24.0 Å². The first-order chi connectivity index (χ1) is 9.85. The van der Waals surface area contributed by atoms with E-state index < -0.39 is 11.5 Å². The first kappa shape index (κ1) is 17.5. The van der Waals surface area contributed by atoms with Gasteiger partial charge in [-0.1, -0.05) is 31.5 Å². The molecule has 0 bridgehead atoms. The Balaban J connectivity index is 3.14. The number of carbonyl (C=O) groups is 1. The molecule has 118 valence electrons. The van der Waals surface area contributed by atoms with Gasteiger partial charge in [-0.2, -0.15) is 0 Å². The fourth-order valence-corrected chi connectivity index (χ4v) is 2.69. The molecule has 0 aromatic heterocycles. The lowest BCUT2D eigenvalue weighted by Gasteiger charge is -2.38. The maximum absolute atomic E-state index is 11.9. The van der Waals surface area contributed by atoms with Crippen molar-refractivity contribution in [2.75, 3.05) is 13.1 Å². The molecule has 4 nitrogen and oxygen atoms in total. The van der Waals surface area contributed by atoms with Gasteiger partial charge in [-0.15, -0.1) is 0 Å². The maximum atomic E-state index is 11.9. The number of nitrogens with zero attached hydrogens (tertiary/aromatic N) is 1. The van der Waals surface area contributed by atoms with Crippen LogP contribution >= 0.6 is 0 Å². The summed E-state index contributed by atoms with van der Waals surface area (Å²) < 4.78 is 0. The molecule has 0 radical (unpaired) electrons. The molecule has 2 N–H and O–H groups in total. The minimum Gasteiger partial charge on any atom is -0.508 e. The molecule has 0 aliphatic carbocycles. The van der Waals surface area contributed by atoms with Gasteiger partial charge < -0.3 is 10.2 Å². The summed E-state index contributed by atoms with van der Waals surface area (Å²) in [6, 6.07) is 5.33. The summed E-state index contributed by atoms with van der Waals surface area (Å²) in [5.74, 6) is -0.675. The van der Waals surface area contributed by atoms with Gasteiger partial charge >= 0.3 is 5.97 Å². The van der Waals surface area contributed by atoms with E-state index in [1.54, 1.807) is 13.0 Å². The highest BCUT2D eigenvalue weighted by Crippen LogP contribution is 2.28. The maximum Gasteiger partial charge on any atom is 0.324 e. The second-order valence-electron chi connectivity index (χ2n) is 5.87. The fourth-order valence-electron chi connectivity index (χ4n) is 2.69. The molecule has 1 aromatic carbocycles. The molecule has 1 unspecified atom stereocenters. The highest BCUT2D eigenvalue weighted by atomic mass is 16.4. The summed E-state index contributed by atoms with van der Waals surface area (Å²) >= 11 is 0. The fraction of sp³-hybridized carbons (Fsp3) is 0.588. The first-order valence-electron chi connectivity index (χ1n) is 7.62. The average molecular weight is 293 g/mol. The third-order valence-corrected chi connectivity index (χ3v) is 3.92. The highest BCUT2D eigenvalue weighted by molar-refractivity contribution is 5.79. The Morgan fingerprint density at radius 2 is 1.81 bits per heavy atom. The molecule has 0 fully saturated rings. The predicted octanol–water partition coefficient (Wildman–Crippen LogP) is 3.21. The largest absolute Gasteiger partial charge is 0.508 e. The normalized spacial score (nSPS) is 14.1. The molecule has 1 rings (SSSR count). The summed E-state index contributed by atoms with van der Waals surface area (Å²) in [5, 5.41) is 19.8. The van der Waals surface area contributed by atoms with E-state index >= 15 is 0 Å². The Morgan fingerprint density at radius 1 is 1.24 bits per heavy atom. The van der Waals surface area contributed by atoms with Crippen LogP contribution in [0.2, 0.25) is 0 Å². The van der Waals surface area contributed by atoms with E-state index in [9.17, 15) is 15.0 Å². The zero-order chi connectivity index (χ0) is 16.0. The Kier molecular flexibility index (Phi) is 6.21. The quantitative estimate of drug-likeness (QED) is 0.772. The van der Waals surface area contributed by atoms with E-state index in [0.717, 1.165) is 31.5 Å². The number of carboxylic acid groups (broad SMARTS) is 1.